The minimum absolute atomic E-state index is 0.182. The molecule has 1 aromatic carbocycles. The Morgan fingerprint density at radius 2 is 1.94 bits per heavy atom. The molecule has 0 spiro atoms. The molecular weight excluding hydrogens is 220 g/mol. The van der Waals surface area contributed by atoms with E-state index in [0.717, 1.165) is 0 Å². The molecule has 0 aromatic heterocycles. The lowest BCUT2D eigenvalue weighted by Gasteiger charge is -2.06. The number of anilines is 1. The van der Waals surface area contributed by atoms with Crippen LogP contribution >= 0.6 is 0 Å². The highest BCUT2D eigenvalue weighted by atomic mass is 16.5. The summed E-state index contributed by atoms with van der Waals surface area (Å²) in [7, 11) is 0. The number of nitrogens with zero attached hydrogens (tertiary/aromatic N) is 1. The number of ether oxygens (including phenoxy) is 1. The molecule has 0 aliphatic heterocycles. The minimum atomic E-state index is -0.780. The lowest BCUT2D eigenvalue weighted by molar-refractivity contribution is -0.114. The lowest BCUT2D eigenvalue weighted by atomic mass is 10.2. The summed E-state index contributed by atoms with van der Waals surface area (Å²) in [6, 6.07) is 8.04. The fourth-order valence-electron chi connectivity index (χ4n) is 1.15. The van der Waals surface area contributed by atoms with Gasteiger partial charge in [0.15, 0.2) is 6.10 Å². The van der Waals surface area contributed by atoms with Crippen molar-refractivity contribution in [3.05, 3.63) is 29.8 Å². The number of esters is 1. The molecule has 0 aliphatic rings. The SMILES string of the molecule is CC(=O)Nc1ccc(C(=O)O[C@H](C)C#N)cc1. The molecule has 1 N–H and O–H groups in total. The van der Waals surface area contributed by atoms with Crippen LogP contribution in [-0.2, 0) is 9.53 Å². The van der Waals surface area contributed by atoms with Crippen molar-refractivity contribution in [2.45, 2.75) is 20.0 Å². The van der Waals surface area contributed by atoms with Crippen molar-refractivity contribution >= 4 is 17.6 Å². The van der Waals surface area contributed by atoms with Gasteiger partial charge in [0.1, 0.15) is 6.07 Å². The van der Waals surface area contributed by atoms with Gasteiger partial charge in [-0.3, -0.25) is 4.79 Å². The third-order valence-corrected chi connectivity index (χ3v) is 1.91. The number of nitriles is 1. The fraction of sp³-hybridized carbons (Fsp3) is 0.250. The highest BCUT2D eigenvalue weighted by Gasteiger charge is 2.10. The van der Waals surface area contributed by atoms with Crippen molar-refractivity contribution in [3.8, 4) is 6.07 Å². The van der Waals surface area contributed by atoms with E-state index in [0.29, 0.717) is 11.3 Å². The van der Waals surface area contributed by atoms with Crippen molar-refractivity contribution in [1.82, 2.24) is 0 Å². The summed E-state index contributed by atoms with van der Waals surface area (Å²) in [6.45, 7) is 2.89. The Hall–Kier alpha value is -2.35. The van der Waals surface area contributed by atoms with Crippen LogP contribution in [0.5, 0.6) is 0 Å². The number of rotatable bonds is 3. The molecule has 1 rings (SSSR count). The van der Waals surface area contributed by atoms with Crippen molar-refractivity contribution in [2.24, 2.45) is 0 Å². The predicted octanol–water partition coefficient (Wildman–Crippen LogP) is 1.71. The molecule has 0 unspecified atom stereocenters. The van der Waals surface area contributed by atoms with Crippen LogP contribution in [-0.4, -0.2) is 18.0 Å². The zero-order chi connectivity index (χ0) is 12.8. The maximum atomic E-state index is 11.5. The summed E-state index contributed by atoms with van der Waals surface area (Å²) < 4.78 is 4.82. The lowest BCUT2D eigenvalue weighted by Crippen LogP contribution is -2.13. The highest BCUT2D eigenvalue weighted by molar-refractivity contribution is 5.92. The molecule has 5 heteroatoms. The van der Waals surface area contributed by atoms with E-state index < -0.39 is 12.1 Å². The van der Waals surface area contributed by atoms with E-state index in [-0.39, 0.29) is 5.91 Å². The Morgan fingerprint density at radius 3 is 2.41 bits per heavy atom. The second-order valence-electron chi connectivity index (χ2n) is 3.44. The van der Waals surface area contributed by atoms with Crippen molar-refractivity contribution in [1.29, 1.82) is 5.26 Å². The quantitative estimate of drug-likeness (QED) is 0.804. The molecule has 1 aromatic rings. The maximum Gasteiger partial charge on any atom is 0.339 e. The van der Waals surface area contributed by atoms with Crippen LogP contribution in [0.15, 0.2) is 24.3 Å². The van der Waals surface area contributed by atoms with Crippen molar-refractivity contribution in [3.63, 3.8) is 0 Å². The van der Waals surface area contributed by atoms with E-state index in [4.69, 9.17) is 10.00 Å². The van der Waals surface area contributed by atoms with E-state index in [9.17, 15) is 9.59 Å². The zero-order valence-electron chi connectivity index (χ0n) is 9.56. The van der Waals surface area contributed by atoms with Gasteiger partial charge in [-0.1, -0.05) is 0 Å². The van der Waals surface area contributed by atoms with Crippen molar-refractivity contribution in [2.75, 3.05) is 5.32 Å². The Bertz CT molecular complexity index is 460. The molecule has 0 saturated heterocycles. The number of carbonyl (C=O) groups is 2. The van der Waals surface area contributed by atoms with Crippen LogP contribution in [0, 0.1) is 11.3 Å². The Labute approximate surface area is 99.0 Å². The topological polar surface area (TPSA) is 79.2 Å². The van der Waals surface area contributed by atoms with Gasteiger partial charge >= 0.3 is 5.97 Å². The van der Waals surface area contributed by atoms with Crippen LogP contribution in [0.4, 0.5) is 5.69 Å². The summed E-state index contributed by atoms with van der Waals surface area (Å²) in [4.78, 5) is 22.3. The van der Waals surface area contributed by atoms with Crippen molar-refractivity contribution < 1.29 is 14.3 Å². The number of hydrogen-bond acceptors (Lipinski definition) is 4. The third kappa shape index (κ3) is 3.95. The predicted molar refractivity (Wildman–Crippen MR) is 61.2 cm³/mol. The van der Waals surface area contributed by atoms with Crippen LogP contribution in [0.3, 0.4) is 0 Å². The molecular formula is C12H12N2O3. The van der Waals surface area contributed by atoms with Crippen LogP contribution < -0.4 is 5.32 Å². The van der Waals surface area contributed by atoms with E-state index >= 15 is 0 Å². The van der Waals surface area contributed by atoms with E-state index in [1.807, 2.05) is 0 Å². The second-order valence-corrected chi connectivity index (χ2v) is 3.44. The van der Waals surface area contributed by atoms with Gasteiger partial charge in [0, 0.05) is 12.6 Å². The molecule has 0 heterocycles. The molecule has 0 saturated carbocycles. The molecule has 1 atom stereocenters. The molecule has 1 amide bonds. The first-order valence-corrected chi connectivity index (χ1v) is 5.01. The van der Waals surface area contributed by atoms with Crippen LogP contribution in [0.25, 0.3) is 0 Å². The van der Waals surface area contributed by atoms with Gasteiger partial charge in [-0.05, 0) is 31.2 Å². The van der Waals surface area contributed by atoms with Crippen LogP contribution in [0.1, 0.15) is 24.2 Å². The molecule has 0 bridgehead atoms. The van der Waals surface area contributed by atoms with Gasteiger partial charge in [0.2, 0.25) is 5.91 Å². The first-order valence-electron chi connectivity index (χ1n) is 5.01. The first kappa shape index (κ1) is 12.7. The summed E-state index contributed by atoms with van der Waals surface area (Å²) in [6.07, 6.45) is -0.780. The number of nitrogens with one attached hydrogen (secondary N) is 1. The summed E-state index contributed by atoms with van der Waals surface area (Å²) in [5.41, 5.74) is 0.934. The van der Waals surface area contributed by atoms with Gasteiger partial charge in [0.05, 0.1) is 5.56 Å². The summed E-state index contributed by atoms with van der Waals surface area (Å²) >= 11 is 0. The van der Waals surface area contributed by atoms with Gasteiger partial charge < -0.3 is 10.1 Å². The first-order chi connectivity index (χ1) is 8.02. The molecule has 0 aliphatic carbocycles. The number of benzene rings is 1. The molecule has 0 fully saturated rings. The van der Waals surface area contributed by atoms with Gasteiger partial charge in [-0.25, -0.2) is 4.79 Å². The summed E-state index contributed by atoms with van der Waals surface area (Å²) in [5.74, 6) is -0.744. The number of carbonyl (C=O) groups excluding carboxylic acids is 2. The van der Waals surface area contributed by atoms with E-state index in [1.165, 1.54) is 26.0 Å². The third-order valence-electron chi connectivity index (χ3n) is 1.91. The zero-order valence-corrected chi connectivity index (χ0v) is 9.56. The maximum absolute atomic E-state index is 11.5. The van der Waals surface area contributed by atoms with E-state index in [2.05, 4.69) is 5.32 Å². The smallest absolute Gasteiger partial charge is 0.339 e. The Kier molecular flexibility index (Phi) is 4.23. The van der Waals surface area contributed by atoms with Gasteiger partial charge in [0.25, 0.3) is 0 Å². The molecule has 0 radical (unpaired) electrons. The molecule has 88 valence electrons. The van der Waals surface area contributed by atoms with Gasteiger partial charge in [-0.15, -0.1) is 0 Å². The number of amides is 1. The second kappa shape index (κ2) is 5.66. The van der Waals surface area contributed by atoms with Gasteiger partial charge in [-0.2, -0.15) is 5.26 Å². The average Bonchev–Trinajstić information content (AvgIpc) is 2.28. The normalized spacial score (nSPS) is 11.1. The van der Waals surface area contributed by atoms with E-state index in [1.54, 1.807) is 18.2 Å². The number of hydrogen-bond donors (Lipinski definition) is 1. The highest BCUT2D eigenvalue weighted by Crippen LogP contribution is 2.11. The van der Waals surface area contributed by atoms with Crippen LogP contribution in [0.2, 0.25) is 0 Å². The fourth-order valence-corrected chi connectivity index (χ4v) is 1.15. The summed E-state index contributed by atoms with van der Waals surface area (Å²) in [5, 5.41) is 11.1. The minimum Gasteiger partial charge on any atom is -0.444 e. The Morgan fingerprint density at radius 1 is 1.35 bits per heavy atom. The largest absolute Gasteiger partial charge is 0.444 e. The molecule has 17 heavy (non-hydrogen) atoms. The molecule has 5 nitrogen and oxygen atoms in total. The monoisotopic (exact) mass is 232 g/mol. The average molecular weight is 232 g/mol. The standard InChI is InChI=1S/C12H12N2O3/c1-8(7-13)17-12(16)10-3-5-11(6-4-10)14-9(2)15/h3-6,8H,1-2H3,(H,14,15)/t8-/m1/s1. The Balaban J connectivity index is 2.71.